The summed E-state index contributed by atoms with van der Waals surface area (Å²) in [5, 5.41) is -0.341. The molecule has 0 bridgehead atoms. The van der Waals surface area contributed by atoms with Crippen LogP contribution in [0.2, 0.25) is 0 Å². The maximum Gasteiger partial charge on any atom is 0.416 e. The van der Waals surface area contributed by atoms with Crippen molar-refractivity contribution < 1.29 is 18.0 Å². The van der Waals surface area contributed by atoms with Crippen LogP contribution in [0, 0.1) is 6.92 Å². The van der Waals surface area contributed by atoms with E-state index in [-0.39, 0.29) is 35.5 Å². The van der Waals surface area contributed by atoms with Crippen LogP contribution in [0.1, 0.15) is 17.5 Å². The SMILES string of the molecule is Cc1c(N2CC(Cl)CC2=O)cccc1C(F)(F)F. The summed E-state index contributed by atoms with van der Waals surface area (Å²) >= 11 is 5.85. The van der Waals surface area contributed by atoms with Gasteiger partial charge in [-0.25, -0.2) is 0 Å². The molecule has 0 N–H and O–H groups in total. The van der Waals surface area contributed by atoms with Crippen molar-refractivity contribution in [3.63, 3.8) is 0 Å². The summed E-state index contributed by atoms with van der Waals surface area (Å²) in [4.78, 5) is 13.0. The Labute approximate surface area is 107 Å². The van der Waals surface area contributed by atoms with E-state index in [2.05, 4.69) is 0 Å². The summed E-state index contributed by atoms with van der Waals surface area (Å²) < 4.78 is 38.3. The van der Waals surface area contributed by atoms with Gasteiger partial charge in [0.25, 0.3) is 0 Å². The number of amides is 1. The fourth-order valence-electron chi connectivity index (χ4n) is 2.12. The van der Waals surface area contributed by atoms with Crippen LogP contribution in [0.3, 0.4) is 0 Å². The Bertz CT molecular complexity index is 487. The molecule has 1 aliphatic heterocycles. The van der Waals surface area contributed by atoms with Crippen molar-refractivity contribution in [2.45, 2.75) is 24.9 Å². The molecule has 18 heavy (non-hydrogen) atoms. The molecule has 1 heterocycles. The highest BCUT2D eigenvalue weighted by molar-refractivity contribution is 6.24. The van der Waals surface area contributed by atoms with Crippen LogP contribution >= 0.6 is 11.6 Å². The summed E-state index contributed by atoms with van der Waals surface area (Å²) in [6.07, 6.45) is -4.25. The third-order valence-electron chi connectivity index (χ3n) is 2.98. The van der Waals surface area contributed by atoms with Crippen LogP contribution in [0.4, 0.5) is 18.9 Å². The van der Waals surface area contributed by atoms with E-state index in [4.69, 9.17) is 11.6 Å². The average Bonchev–Trinajstić information content (AvgIpc) is 2.56. The van der Waals surface area contributed by atoms with Gasteiger partial charge < -0.3 is 4.90 Å². The molecule has 1 saturated heterocycles. The molecule has 0 spiro atoms. The molecule has 1 aromatic rings. The lowest BCUT2D eigenvalue weighted by molar-refractivity contribution is -0.138. The number of benzene rings is 1. The van der Waals surface area contributed by atoms with Crippen molar-refractivity contribution in [2.75, 3.05) is 11.4 Å². The van der Waals surface area contributed by atoms with Gasteiger partial charge in [-0.3, -0.25) is 4.79 Å². The minimum atomic E-state index is -4.41. The molecule has 0 saturated carbocycles. The molecular weight excluding hydrogens is 267 g/mol. The zero-order valence-electron chi connectivity index (χ0n) is 9.59. The molecule has 1 atom stereocenters. The Morgan fingerprint density at radius 2 is 2.06 bits per heavy atom. The quantitative estimate of drug-likeness (QED) is 0.721. The van der Waals surface area contributed by atoms with Gasteiger partial charge in [-0.05, 0) is 24.6 Å². The maximum atomic E-state index is 12.8. The number of hydrogen-bond donors (Lipinski definition) is 0. The molecule has 1 amide bonds. The van der Waals surface area contributed by atoms with Gasteiger partial charge in [0.2, 0.25) is 5.91 Å². The van der Waals surface area contributed by atoms with E-state index in [0.29, 0.717) is 0 Å². The van der Waals surface area contributed by atoms with Crippen LogP contribution < -0.4 is 4.90 Å². The lowest BCUT2D eigenvalue weighted by Gasteiger charge is -2.21. The highest BCUT2D eigenvalue weighted by Gasteiger charge is 2.36. The Balaban J connectivity index is 2.44. The standard InChI is InChI=1S/C12H11ClF3NO/c1-7-9(12(14,15)16)3-2-4-10(7)17-6-8(13)5-11(17)18/h2-4,8H,5-6H2,1H3. The number of carbonyl (C=O) groups is 1. The monoisotopic (exact) mass is 277 g/mol. The summed E-state index contributed by atoms with van der Waals surface area (Å²) in [5.74, 6) is -0.238. The van der Waals surface area contributed by atoms with Crippen LogP contribution in [0.15, 0.2) is 18.2 Å². The van der Waals surface area contributed by atoms with Crippen LogP contribution in [-0.2, 0) is 11.0 Å². The number of anilines is 1. The fraction of sp³-hybridized carbons (Fsp3) is 0.417. The van der Waals surface area contributed by atoms with Crippen LogP contribution in [0.25, 0.3) is 0 Å². The number of halogens is 4. The molecule has 0 aromatic heterocycles. The van der Waals surface area contributed by atoms with Crippen molar-refractivity contribution in [3.8, 4) is 0 Å². The Morgan fingerprint density at radius 3 is 2.56 bits per heavy atom. The number of rotatable bonds is 1. The van der Waals surface area contributed by atoms with Crippen molar-refractivity contribution >= 4 is 23.2 Å². The second-order valence-electron chi connectivity index (χ2n) is 4.25. The highest BCUT2D eigenvalue weighted by atomic mass is 35.5. The van der Waals surface area contributed by atoms with Crippen LogP contribution in [-0.4, -0.2) is 17.8 Å². The molecule has 2 nitrogen and oxygen atoms in total. The van der Waals surface area contributed by atoms with Gasteiger partial charge in [0.15, 0.2) is 0 Å². The predicted octanol–water partition coefficient (Wildman–Crippen LogP) is 3.36. The van der Waals surface area contributed by atoms with E-state index in [0.717, 1.165) is 6.07 Å². The molecule has 6 heteroatoms. The van der Waals surface area contributed by atoms with Gasteiger partial charge in [0.1, 0.15) is 0 Å². The number of hydrogen-bond acceptors (Lipinski definition) is 1. The number of alkyl halides is 4. The third-order valence-corrected chi connectivity index (χ3v) is 3.27. The van der Waals surface area contributed by atoms with Gasteiger partial charge in [0.05, 0.1) is 10.9 Å². The Morgan fingerprint density at radius 1 is 1.39 bits per heavy atom. The largest absolute Gasteiger partial charge is 0.416 e. The van der Waals surface area contributed by atoms with Gasteiger partial charge in [0, 0.05) is 18.7 Å². The van der Waals surface area contributed by atoms with E-state index in [1.807, 2.05) is 0 Å². The normalized spacial score (nSPS) is 20.6. The number of nitrogens with zero attached hydrogens (tertiary/aromatic N) is 1. The smallest absolute Gasteiger partial charge is 0.311 e. The van der Waals surface area contributed by atoms with Crippen molar-refractivity contribution in [1.82, 2.24) is 0 Å². The van der Waals surface area contributed by atoms with Gasteiger partial charge in [-0.2, -0.15) is 13.2 Å². The minimum Gasteiger partial charge on any atom is -0.311 e. The Kier molecular flexibility index (Phi) is 3.27. The third kappa shape index (κ3) is 2.32. The lowest BCUT2D eigenvalue weighted by Crippen LogP contribution is -2.26. The molecule has 1 aromatic carbocycles. The summed E-state index contributed by atoms with van der Waals surface area (Å²) in [5.41, 5.74) is -0.368. The second-order valence-corrected chi connectivity index (χ2v) is 4.87. The van der Waals surface area contributed by atoms with E-state index in [9.17, 15) is 18.0 Å². The first-order valence-electron chi connectivity index (χ1n) is 5.42. The molecule has 0 aliphatic carbocycles. The topological polar surface area (TPSA) is 20.3 Å². The number of carbonyl (C=O) groups excluding carboxylic acids is 1. The molecule has 1 unspecified atom stereocenters. The van der Waals surface area contributed by atoms with E-state index in [1.165, 1.54) is 24.0 Å². The zero-order chi connectivity index (χ0) is 13.5. The first-order chi connectivity index (χ1) is 8.30. The van der Waals surface area contributed by atoms with E-state index < -0.39 is 11.7 Å². The summed E-state index contributed by atoms with van der Waals surface area (Å²) in [7, 11) is 0. The second kappa shape index (κ2) is 4.46. The molecule has 1 aliphatic rings. The van der Waals surface area contributed by atoms with Gasteiger partial charge >= 0.3 is 6.18 Å². The van der Waals surface area contributed by atoms with Gasteiger partial charge in [-0.1, -0.05) is 6.07 Å². The predicted molar refractivity (Wildman–Crippen MR) is 62.8 cm³/mol. The summed E-state index contributed by atoms with van der Waals surface area (Å²) in [6, 6.07) is 3.83. The first-order valence-corrected chi connectivity index (χ1v) is 5.85. The molecule has 1 fully saturated rings. The molecule has 98 valence electrons. The average molecular weight is 278 g/mol. The fourth-order valence-corrected chi connectivity index (χ4v) is 2.39. The summed E-state index contributed by atoms with van der Waals surface area (Å²) in [6.45, 7) is 1.62. The first kappa shape index (κ1) is 13.2. The maximum absolute atomic E-state index is 12.8. The van der Waals surface area contributed by atoms with E-state index >= 15 is 0 Å². The van der Waals surface area contributed by atoms with Crippen LogP contribution in [0.5, 0.6) is 0 Å². The van der Waals surface area contributed by atoms with E-state index in [1.54, 1.807) is 0 Å². The van der Waals surface area contributed by atoms with Crippen molar-refractivity contribution in [3.05, 3.63) is 29.3 Å². The lowest BCUT2D eigenvalue weighted by atomic mass is 10.1. The van der Waals surface area contributed by atoms with Gasteiger partial charge in [-0.15, -0.1) is 11.6 Å². The highest BCUT2D eigenvalue weighted by Crippen LogP contribution is 2.37. The molecule has 0 radical (unpaired) electrons. The molecule has 2 rings (SSSR count). The van der Waals surface area contributed by atoms with Crippen molar-refractivity contribution in [1.29, 1.82) is 0 Å². The Hall–Kier alpha value is -1.23. The molecular formula is C12H11ClF3NO. The zero-order valence-corrected chi connectivity index (χ0v) is 10.3. The minimum absolute atomic E-state index is 0.0594. The van der Waals surface area contributed by atoms with Crippen molar-refractivity contribution in [2.24, 2.45) is 0 Å².